The van der Waals surface area contributed by atoms with E-state index >= 15 is 0 Å². The molecule has 1 aliphatic heterocycles. The van der Waals surface area contributed by atoms with Crippen LogP contribution in [0.15, 0.2) is 4.79 Å². The smallest absolute Gasteiger partial charge is 0.263 e. The Kier molecular flexibility index (Phi) is 4.03. The monoisotopic (exact) mass is 324 g/mol. The van der Waals surface area contributed by atoms with Crippen LogP contribution < -0.4 is 5.56 Å². The van der Waals surface area contributed by atoms with E-state index in [2.05, 4.69) is 11.9 Å². The van der Waals surface area contributed by atoms with E-state index in [-0.39, 0.29) is 11.6 Å². The van der Waals surface area contributed by atoms with Gasteiger partial charge in [-0.2, -0.15) is 0 Å². The highest BCUT2D eigenvalue weighted by Crippen LogP contribution is 2.29. The molecule has 4 nitrogen and oxygen atoms in total. The minimum Gasteiger partial charge on any atom is -0.381 e. The summed E-state index contributed by atoms with van der Waals surface area (Å²) in [6.45, 7) is 7.71. The quantitative estimate of drug-likeness (QED) is 0.856. The zero-order valence-electron chi connectivity index (χ0n) is 12.6. The number of aryl methyl sites for hydroxylation is 2. The normalized spacial score (nSPS) is 18.2. The average Bonchev–Trinajstić information content (AvgIpc) is 2.74. The Hall–Kier alpha value is -0.980. The molecular formula is C15H20N2O2S2. The van der Waals surface area contributed by atoms with Crippen LogP contribution in [-0.2, 0) is 4.74 Å². The maximum atomic E-state index is 12.9. The summed E-state index contributed by atoms with van der Waals surface area (Å²) in [5.41, 5.74) is 1.12. The number of aromatic nitrogens is 2. The number of nitrogens with zero attached hydrogens (tertiary/aromatic N) is 1. The van der Waals surface area contributed by atoms with E-state index in [9.17, 15) is 4.79 Å². The number of nitrogens with one attached hydrogen (secondary N) is 1. The Bertz CT molecular complexity index is 781. The lowest BCUT2D eigenvalue weighted by atomic mass is 9.93. The van der Waals surface area contributed by atoms with Gasteiger partial charge in [0.05, 0.1) is 5.39 Å². The van der Waals surface area contributed by atoms with E-state index in [1.807, 2.05) is 13.8 Å². The molecule has 0 aromatic carbocycles. The predicted molar refractivity (Wildman–Crippen MR) is 89.0 cm³/mol. The average molecular weight is 324 g/mol. The topological polar surface area (TPSA) is 47.0 Å². The highest BCUT2D eigenvalue weighted by Gasteiger charge is 2.24. The highest BCUT2D eigenvalue weighted by molar-refractivity contribution is 7.71. The second kappa shape index (κ2) is 5.66. The maximum absolute atomic E-state index is 12.9. The van der Waals surface area contributed by atoms with Crippen LogP contribution >= 0.6 is 23.6 Å². The molecule has 114 valence electrons. The first-order chi connectivity index (χ1) is 10.0. The lowest BCUT2D eigenvalue weighted by Crippen LogP contribution is -2.32. The summed E-state index contributed by atoms with van der Waals surface area (Å²) in [4.78, 5) is 18.2. The molecule has 21 heavy (non-hydrogen) atoms. The summed E-state index contributed by atoms with van der Waals surface area (Å²) >= 11 is 7.06. The molecule has 2 aromatic heterocycles. The third-order valence-corrected chi connectivity index (χ3v) is 6.03. The molecule has 1 unspecified atom stereocenters. The third-order valence-electron chi connectivity index (χ3n) is 4.61. The Balaban J connectivity index is 2.15. The molecule has 1 saturated heterocycles. The van der Waals surface area contributed by atoms with Crippen molar-refractivity contribution in [1.29, 1.82) is 0 Å². The highest BCUT2D eigenvalue weighted by atomic mass is 32.1. The number of aromatic amines is 1. The molecule has 3 heterocycles. The minimum atomic E-state index is 0.0505. The molecule has 3 rings (SSSR count). The van der Waals surface area contributed by atoms with Gasteiger partial charge < -0.3 is 9.72 Å². The zero-order chi connectivity index (χ0) is 15.1. The van der Waals surface area contributed by atoms with Crippen LogP contribution in [0, 0.1) is 24.5 Å². The second-order valence-corrected chi connectivity index (χ2v) is 7.39. The van der Waals surface area contributed by atoms with Gasteiger partial charge >= 0.3 is 0 Å². The zero-order valence-corrected chi connectivity index (χ0v) is 14.2. The molecule has 0 amide bonds. The van der Waals surface area contributed by atoms with Crippen LogP contribution in [0.5, 0.6) is 0 Å². The number of hydrogen-bond donors (Lipinski definition) is 1. The van der Waals surface area contributed by atoms with Crippen molar-refractivity contribution in [3.05, 3.63) is 25.6 Å². The molecule has 0 saturated carbocycles. The van der Waals surface area contributed by atoms with Gasteiger partial charge in [-0.05, 0) is 57.3 Å². The van der Waals surface area contributed by atoms with Crippen LogP contribution in [0.25, 0.3) is 10.2 Å². The summed E-state index contributed by atoms with van der Waals surface area (Å²) in [5.74, 6) is 0.448. The summed E-state index contributed by atoms with van der Waals surface area (Å²) in [7, 11) is 0. The van der Waals surface area contributed by atoms with Gasteiger partial charge in [0.25, 0.3) is 5.56 Å². The largest absolute Gasteiger partial charge is 0.381 e. The van der Waals surface area contributed by atoms with Crippen LogP contribution in [0.1, 0.15) is 36.2 Å². The number of H-pyrrole nitrogens is 1. The van der Waals surface area contributed by atoms with Gasteiger partial charge in [-0.15, -0.1) is 11.3 Å². The fourth-order valence-electron chi connectivity index (χ4n) is 3.12. The van der Waals surface area contributed by atoms with Crippen molar-refractivity contribution in [3.8, 4) is 0 Å². The summed E-state index contributed by atoms with van der Waals surface area (Å²) in [6, 6.07) is 0.106. The first-order valence-corrected chi connectivity index (χ1v) is 8.55. The molecule has 0 radical (unpaired) electrons. The van der Waals surface area contributed by atoms with E-state index in [1.165, 1.54) is 4.88 Å². The fraction of sp³-hybridized carbons (Fsp3) is 0.600. The van der Waals surface area contributed by atoms with Crippen molar-refractivity contribution < 1.29 is 4.74 Å². The van der Waals surface area contributed by atoms with Gasteiger partial charge in [-0.3, -0.25) is 9.36 Å². The van der Waals surface area contributed by atoms with Gasteiger partial charge in [-0.25, -0.2) is 0 Å². The molecular weight excluding hydrogens is 304 g/mol. The summed E-state index contributed by atoms with van der Waals surface area (Å²) < 4.78 is 7.72. The number of rotatable bonds is 2. The SMILES string of the molecule is Cc1sc2[nH]c(=S)n(C(C)C3CCOCC3)c(=O)c2c1C. The van der Waals surface area contributed by atoms with E-state index in [0.29, 0.717) is 10.7 Å². The fourth-order valence-corrected chi connectivity index (χ4v) is 4.59. The van der Waals surface area contributed by atoms with Crippen LogP contribution in [0.2, 0.25) is 0 Å². The van der Waals surface area contributed by atoms with Gasteiger partial charge in [0, 0.05) is 24.1 Å². The molecule has 0 aliphatic carbocycles. The lowest BCUT2D eigenvalue weighted by molar-refractivity contribution is 0.0506. The van der Waals surface area contributed by atoms with E-state index in [4.69, 9.17) is 17.0 Å². The maximum Gasteiger partial charge on any atom is 0.263 e. The third kappa shape index (κ3) is 2.49. The Morgan fingerprint density at radius 3 is 2.71 bits per heavy atom. The first kappa shape index (κ1) is 14.9. The van der Waals surface area contributed by atoms with Crippen molar-refractivity contribution in [1.82, 2.24) is 9.55 Å². The van der Waals surface area contributed by atoms with Crippen LogP contribution in [0.3, 0.4) is 0 Å². The van der Waals surface area contributed by atoms with Crippen molar-refractivity contribution in [2.45, 2.75) is 39.7 Å². The first-order valence-electron chi connectivity index (χ1n) is 7.33. The van der Waals surface area contributed by atoms with Crippen molar-refractivity contribution >= 4 is 33.8 Å². The molecule has 1 atom stereocenters. The minimum absolute atomic E-state index is 0.0505. The van der Waals surface area contributed by atoms with Gasteiger partial charge in [-0.1, -0.05) is 0 Å². The van der Waals surface area contributed by atoms with Crippen LogP contribution in [0.4, 0.5) is 0 Å². The molecule has 0 spiro atoms. The van der Waals surface area contributed by atoms with E-state index in [1.54, 1.807) is 15.9 Å². The van der Waals surface area contributed by atoms with E-state index < -0.39 is 0 Å². The molecule has 1 N–H and O–H groups in total. The molecule has 0 bridgehead atoms. The van der Waals surface area contributed by atoms with Gasteiger partial charge in [0.1, 0.15) is 4.83 Å². The molecule has 1 aliphatic rings. The van der Waals surface area contributed by atoms with E-state index in [0.717, 1.165) is 41.8 Å². The van der Waals surface area contributed by atoms with Crippen LogP contribution in [-0.4, -0.2) is 22.8 Å². The van der Waals surface area contributed by atoms with Crippen molar-refractivity contribution in [3.63, 3.8) is 0 Å². The van der Waals surface area contributed by atoms with Gasteiger partial charge in [0.15, 0.2) is 4.77 Å². The van der Waals surface area contributed by atoms with Crippen molar-refractivity contribution in [2.75, 3.05) is 13.2 Å². The Morgan fingerprint density at radius 1 is 1.38 bits per heavy atom. The molecule has 1 fully saturated rings. The Labute approximate surface area is 132 Å². The molecule has 6 heteroatoms. The van der Waals surface area contributed by atoms with Crippen molar-refractivity contribution in [2.24, 2.45) is 5.92 Å². The summed E-state index contributed by atoms with van der Waals surface area (Å²) in [6.07, 6.45) is 1.98. The standard InChI is InChI=1S/C15H20N2O2S2/c1-8-10(3)21-13-12(8)14(18)17(15(20)16-13)9(2)11-4-6-19-7-5-11/h9,11H,4-7H2,1-3H3,(H,16,20). The second-order valence-electron chi connectivity index (χ2n) is 5.78. The summed E-state index contributed by atoms with van der Waals surface area (Å²) in [5, 5.41) is 0.796. The number of ether oxygens (including phenoxy) is 1. The number of thiophene rings is 1. The lowest BCUT2D eigenvalue weighted by Gasteiger charge is -2.29. The Morgan fingerprint density at radius 2 is 2.05 bits per heavy atom. The van der Waals surface area contributed by atoms with Gasteiger partial charge in [0.2, 0.25) is 0 Å². The molecule has 2 aromatic rings. The predicted octanol–water partition coefficient (Wildman–Crippen LogP) is 3.73. The number of hydrogen-bond acceptors (Lipinski definition) is 4. The number of fused-ring (bicyclic) bond motifs is 1.